The Balaban J connectivity index is 1.44. The van der Waals surface area contributed by atoms with Crippen molar-refractivity contribution in [2.24, 2.45) is 0 Å². The number of aromatic nitrogens is 1. The SMILES string of the molecule is C[C@@H](Nc1nc2ccccc2s1)C(=O)NNC(=S)NC1CCCCC1. The van der Waals surface area contributed by atoms with Gasteiger partial charge in [-0.25, -0.2) is 4.98 Å². The smallest absolute Gasteiger partial charge is 0.260 e. The highest BCUT2D eigenvalue weighted by molar-refractivity contribution is 7.80. The molecule has 0 aliphatic heterocycles. The standard InChI is InChI=1S/C17H23N5OS2/c1-11(18-17-20-13-9-5-6-10-14(13)25-17)15(23)21-22-16(24)19-12-7-3-2-4-8-12/h5-6,9-12H,2-4,7-8H2,1H3,(H,18,20)(H,21,23)(H2,19,22,24)/t11-/m1/s1. The summed E-state index contributed by atoms with van der Waals surface area (Å²) in [6.07, 6.45) is 6.02. The molecule has 8 heteroatoms. The minimum Gasteiger partial charge on any atom is -0.359 e. The highest BCUT2D eigenvalue weighted by atomic mass is 32.1. The first kappa shape index (κ1) is 17.9. The van der Waals surface area contributed by atoms with Gasteiger partial charge in [-0.3, -0.25) is 15.6 Å². The van der Waals surface area contributed by atoms with Gasteiger partial charge in [0, 0.05) is 6.04 Å². The van der Waals surface area contributed by atoms with E-state index >= 15 is 0 Å². The molecule has 1 aromatic carbocycles. The minimum absolute atomic E-state index is 0.188. The molecule has 134 valence electrons. The van der Waals surface area contributed by atoms with Crippen LogP contribution in [0.5, 0.6) is 0 Å². The number of carbonyl (C=O) groups excluding carboxylic acids is 1. The molecule has 1 aliphatic carbocycles. The zero-order valence-corrected chi connectivity index (χ0v) is 15.8. The van der Waals surface area contributed by atoms with Gasteiger partial charge in [-0.05, 0) is 44.1 Å². The van der Waals surface area contributed by atoms with Crippen LogP contribution in [0.4, 0.5) is 5.13 Å². The number of thiazole rings is 1. The zero-order valence-electron chi connectivity index (χ0n) is 14.2. The zero-order chi connectivity index (χ0) is 17.6. The van der Waals surface area contributed by atoms with Crippen molar-refractivity contribution in [3.63, 3.8) is 0 Å². The predicted molar refractivity (Wildman–Crippen MR) is 107 cm³/mol. The molecule has 1 saturated carbocycles. The van der Waals surface area contributed by atoms with Gasteiger partial charge in [-0.1, -0.05) is 42.7 Å². The quantitative estimate of drug-likeness (QED) is 0.485. The van der Waals surface area contributed by atoms with Crippen LogP contribution in [0.3, 0.4) is 0 Å². The highest BCUT2D eigenvalue weighted by Crippen LogP contribution is 2.25. The Labute approximate surface area is 156 Å². The maximum atomic E-state index is 12.2. The molecule has 1 amide bonds. The van der Waals surface area contributed by atoms with Gasteiger partial charge in [0.25, 0.3) is 5.91 Å². The molecule has 0 radical (unpaired) electrons. The van der Waals surface area contributed by atoms with E-state index < -0.39 is 6.04 Å². The summed E-state index contributed by atoms with van der Waals surface area (Å²) in [5.41, 5.74) is 6.36. The topological polar surface area (TPSA) is 78.1 Å². The summed E-state index contributed by atoms with van der Waals surface area (Å²) in [4.78, 5) is 16.7. The maximum absolute atomic E-state index is 12.2. The molecule has 0 saturated heterocycles. The third kappa shape index (κ3) is 5.02. The Morgan fingerprint density at radius 2 is 2.00 bits per heavy atom. The number of hydrogen-bond acceptors (Lipinski definition) is 5. The fourth-order valence-electron chi connectivity index (χ4n) is 2.88. The molecule has 2 aromatic rings. The first-order chi connectivity index (χ1) is 12.1. The number of benzene rings is 1. The minimum atomic E-state index is -0.425. The Kier molecular flexibility index (Phi) is 6.04. The molecular formula is C17H23N5OS2. The van der Waals surface area contributed by atoms with Crippen molar-refractivity contribution < 1.29 is 4.79 Å². The fourth-order valence-corrected chi connectivity index (χ4v) is 4.05. The first-order valence-electron chi connectivity index (χ1n) is 8.60. The summed E-state index contributed by atoms with van der Waals surface area (Å²) in [5, 5.41) is 7.58. The van der Waals surface area contributed by atoms with Gasteiger partial charge in [-0.15, -0.1) is 0 Å². The molecule has 1 aliphatic rings. The fraction of sp³-hybridized carbons (Fsp3) is 0.471. The Morgan fingerprint density at radius 3 is 2.76 bits per heavy atom. The van der Waals surface area contributed by atoms with E-state index in [-0.39, 0.29) is 5.91 Å². The molecule has 1 atom stereocenters. The number of rotatable bonds is 4. The summed E-state index contributed by atoms with van der Waals surface area (Å²) < 4.78 is 1.09. The lowest BCUT2D eigenvalue weighted by molar-refractivity contribution is -0.122. The number of para-hydroxylation sites is 1. The molecule has 0 bridgehead atoms. The van der Waals surface area contributed by atoms with Crippen LogP contribution < -0.4 is 21.5 Å². The van der Waals surface area contributed by atoms with Crippen molar-refractivity contribution in [1.82, 2.24) is 21.2 Å². The van der Waals surface area contributed by atoms with Gasteiger partial charge in [0.05, 0.1) is 10.2 Å². The van der Waals surface area contributed by atoms with E-state index in [9.17, 15) is 4.79 Å². The summed E-state index contributed by atoms with van der Waals surface area (Å²) in [7, 11) is 0. The number of nitrogens with zero attached hydrogens (tertiary/aromatic N) is 1. The average molecular weight is 378 g/mol. The lowest BCUT2D eigenvalue weighted by Gasteiger charge is -2.24. The van der Waals surface area contributed by atoms with Crippen molar-refractivity contribution in [1.29, 1.82) is 0 Å². The summed E-state index contributed by atoms with van der Waals surface area (Å²) >= 11 is 6.78. The van der Waals surface area contributed by atoms with E-state index in [1.807, 2.05) is 24.3 Å². The van der Waals surface area contributed by atoms with Crippen LogP contribution in [0, 0.1) is 0 Å². The number of hydrogen-bond donors (Lipinski definition) is 4. The average Bonchev–Trinajstić information content (AvgIpc) is 3.02. The normalized spacial score (nSPS) is 16.2. The van der Waals surface area contributed by atoms with Gasteiger partial charge >= 0.3 is 0 Å². The Morgan fingerprint density at radius 1 is 1.24 bits per heavy atom. The molecule has 0 spiro atoms. The highest BCUT2D eigenvalue weighted by Gasteiger charge is 2.17. The van der Waals surface area contributed by atoms with Crippen molar-refractivity contribution in [3.05, 3.63) is 24.3 Å². The summed E-state index contributed by atoms with van der Waals surface area (Å²) in [6, 6.07) is 7.88. The second-order valence-corrected chi connectivity index (χ2v) is 7.71. The molecule has 25 heavy (non-hydrogen) atoms. The number of thiocarbonyl (C=S) groups is 1. The summed E-state index contributed by atoms with van der Waals surface area (Å²) in [6.45, 7) is 1.79. The third-order valence-electron chi connectivity index (χ3n) is 4.27. The number of nitrogens with one attached hydrogen (secondary N) is 4. The largest absolute Gasteiger partial charge is 0.359 e. The second kappa shape index (κ2) is 8.44. The van der Waals surface area contributed by atoms with Crippen LogP contribution >= 0.6 is 23.6 Å². The van der Waals surface area contributed by atoms with E-state index in [4.69, 9.17) is 12.2 Å². The Hall–Kier alpha value is -1.93. The van der Waals surface area contributed by atoms with Gasteiger partial charge in [0.1, 0.15) is 6.04 Å². The Bertz CT molecular complexity index is 708. The number of amides is 1. The third-order valence-corrected chi connectivity index (χ3v) is 5.45. The van der Waals surface area contributed by atoms with Crippen molar-refractivity contribution in [2.75, 3.05) is 5.32 Å². The van der Waals surface area contributed by atoms with Gasteiger partial charge < -0.3 is 10.6 Å². The van der Waals surface area contributed by atoms with Crippen LogP contribution in [-0.4, -0.2) is 28.1 Å². The lowest BCUT2D eigenvalue weighted by Crippen LogP contribution is -2.52. The van der Waals surface area contributed by atoms with E-state index in [1.165, 1.54) is 30.6 Å². The molecule has 0 unspecified atom stereocenters. The van der Waals surface area contributed by atoms with Crippen LogP contribution in [0.1, 0.15) is 39.0 Å². The number of fused-ring (bicyclic) bond motifs is 1. The molecule has 1 fully saturated rings. The van der Waals surface area contributed by atoms with Gasteiger partial charge in [-0.2, -0.15) is 0 Å². The second-order valence-electron chi connectivity index (χ2n) is 6.28. The van der Waals surface area contributed by atoms with Crippen LogP contribution in [0.15, 0.2) is 24.3 Å². The molecule has 3 rings (SSSR count). The lowest BCUT2D eigenvalue weighted by atomic mass is 9.96. The van der Waals surface area contributed by atoms with E-state index in [2.05, 4.69) is 26.5 Å². The van der Waals surface area contributed by atoms with E-state index in [0.29, 0.717) is 11.2 Å². The van der Waals surface area contributed by atoms with Crippen molar-refractivity contribution in [3.8, 4) is 0 Å². The van der Waals surface area contributed by atoms with E-state index in [0.717, 1.165) is 28.2 Å². The number of hydrazine groups is 1. The van der Waals surface area contributed by atoms with Crippen LogP contribution in [0.2, 0.25) is 0 Å². The van der Waals surface area contributed by atoms with Crippen molar-refractivity contribution >= 4 is 49.9 Å². The number of anilines is 1. The number of carbonyl (C=O) groups is 1. The van der Waals surface area contributed by atoms with E-state index in [1.54, 1.807) is 6.92 Å². The van der Waals surface area contributed by atoms with Crippen LogP contribution in [-0.2, 0) is 4.79 Å². The maximum Gasteiger partial charge on any atom is 0.260 e. The summed E-state index contributed by atoms with van der Waals surface area (Å²) in [5.74, 6) is -0.188. The van der Waals surface area contributed by atoms with Gasteiger partial charge in [0.2, 0.25) is 0 Å². The first-order valence-corrected chi connectivity index (χ1v) is 9.83. The predicted octanol–water partition coefficient (Wildman–Crippen LogP) is 2.92. The van der Waals surface area contributed by atoms with Gasteiger partial charge in [0.15, 0.2) is 10.2 Å². The van der Waals surface area contributed by atoms with Crippen LogP contribution in [0.25, 0.3) is 10.2 Å². The van der Waals surface area contributed by atoms with Crippen molar-refractivity contribution in [2.45, 2.75) is 51.1 Å². The molecular weight excluding hydrogens is 354 g/mol. The molecule has 1 heterocycles. The molecule has 1 aromatic heterocycles. The molecule has 4 N–H and O–H groups in total. The molecule has 6 nitrogen and oxygen atoms in total. The monoisotopic (exact) mass is 377 g/mol.